The molecule has 1 aromatic carbocycles. The van der Waals surface area contributed by atoms with Crippen LogP contribution >= 0.6 is 23.1 Å². The number of methoxy groups -OCH3 is 1. The van der Waals surface area contributed by atoms with Crippen LogP contribution in [0.4, 0.5) is 18.3 Å². The number of nitrogens with one attached hydrogen (secondary N) is 1. The number of amides is 2. The maximum absolute atomic E-state index is 12.8. The van der Waals surface area contributed by atoms with Crippen LogP contribution in [0.25, 0.3) is 0 Å². The van der Waals surface area contributed by atoms with Crippen molar-refractivity contribution in [2.75, 3.05) is 25.2 Å². The number of thioether (sulfide) groups is 1. The van der Waals surface area contributed by atoms with E-state index in [1.807, 2.05) is 0 Å². The first-order valence-corrected chi connectivity index (χ1v) is 13.4. The van der Waals surface area contributed by atoms with Crippen molar-refractivity contribution in [3.8, 4) is 5.75 Å². The van der Waals surface area contributed by atoms with Crippen molar-refractivity contribution in [3.63, 3.8) is 0 Å². The Morgan fingerprint density at radius 1 is 1.21 bits per heavy atom. The summed E-state index contributed by atoms with van der Waals surface area (Å²) < 4.78 is 42.0. The lowest BCUT2D eigenvalue weighted by Crippen LogP contribution is -2.71. The number of alkyl halides is 3. The maximum Gasteiger partial charge on any atom is 0.490 e. The predicted molar refractivity (Wildman–Crippen MR) is 142 cm³/mol. The number of carboxylic acid groups (broad SMARTS) is 2. The Bertz CT molecular complexity index is 1490. The van der Waals surface area contributed by atoms with Crippen molar-refractivity contribution in [3.05, 3.63) is 52.2 Å². The zero-order valence-corrected chi connectivity index (χ0v) is 23.2. The van der Waals surface area contributed by atoms with Crippen molar-refractivity contribution in [2.45, 2.75) is 17.6 Å². The molecule has 6 N–H and O–H groups in total. The van der Waals surface area contributed by atoms with E-state index >= 15 is 0 Å². The number of thiazole rings is 1. The van der Waals surface area contributed by atoms with Gasteiger partial charge in [-0.2, -0.15) is 13.2 Å². The van der Waals surface area contributed by atoms with Gasteiger partial charge < -0.3 is 35.9 Å². The molecule has 230 valence electrons. The average molecular weight is 648 g/mol. The number of hydrogen-bond donors (Lipinski definition) is 5. The second-order valence-electron chi connectivity index (χ2n) is 8.25. The van der Waals surface area contributed by atoms with E-state index < -0.39 is 53.0 Å². The lowest BCUT2D eigenvalue weighted by atomic mass is 10.0. The van der Waals surface area contributed by atoms with Crippen LogP contribution in [0.3, 0.4) is 0 Å². The van der Waals surface area contributed by atoms with Crippen molar-refractivity contribution in [1.82, 2.24) is 15.2 Å². The lowest BCUT2D eigenvalue weighted by Gasteiger charge is -2.49. The summed E-state index contributed by atoms with van der Waals surface area (Å²) in [6.07, 6.45) is -5.08. The monoisotopic (exact) mass is 647 g/mol. The molecule has 1 fully saturated rings. The number of ether oxygens (including phenoxy) is 2. The molecular formula is C23H20F3N5O10S2. The van der Waals surface area contributed by atoms with Crippen LogP contribution in [0.1, 0.15) is 16.1 Å². The minimum absolute atomic E-state index is 0.0441. The number of fused-ring (bicyclic) bond motifs is 1. The molecule has 1 saturated heterocycles. The molecule has 2 amide bonds. The van der Waals surface area contributed by atoms with E-state index in [2.05, 4.69) is 20.2 Å². The molecule has 2 aliphatic rings. The van der Waals surface area contributed by atoms with Gasteiger partial charge in [-0.3, -0.25) is 14.5 Å². The molecule has 2 aliphatic heterocycles. The molecule has 20 heteroatoms. The number of hydrogen-bond acceptors (Lipinski definition) is 13. The summed E-state index contributed by atoms with van der Waals surface area (Å²) in [4.78, 5) is 62.9. The van der Waals surface area contributed by atoms with Crippen molar-refractivity contribution < 1.29 is 62.0 Å². The topological polar surface area (TPSA) is 231 Å². The van der Waals surface area contributed by atoms with Gasteiger partial charge in [-0.25, -0.2) is 19.4 Å². The summed E-state index contributed by atoms with van der Waals surface area (Å²) in [7, 11) is 1.27. The number of benzene rings is 1. The Morgan fingerprint density at radius 2 is 1.84 bits per heavy atom. The molecule has 2 aromatic rings. The van der Waals surface area contributed by atoms with Gasteiger partial charge >= 0.3 is 24.1 Å². The molecule has 1 aromatic heterocycles. The second-order valence-corrected chi connectivity index (χ2v) is 10.2. The number of nitrogens with zero attached hydrogens (tertiary/aromatic N) is 3. The smallest absolute Gasteiger partial charge is 0.489 e. The molecule has 0 bridgehead atoms. The van der Waals surface area contributed by atoms with E-state index in [1.165, 1.54) is 36.4 Å². The van der Waals surface area contributed by atoms with Gasteiger partial charge in [-0.05, 0) is 24.3 Å². The summed E-state index contributed by atoms with van der Waals surface area (Å²) in [5.74, 6) is -5.43. The maximum atomic E-state index is 12.8. The van der Waals surface area contributed by atoms with Crippen LogP contribution in [-0.4, -0.2) is 97.8 Å². The Balaban J connectivity index is 0.000000646. The second kappa shape index (κ2) is 13.4. The highest BCUT2D eigenvalue weighted by molar-refractivity contribution is 8.00. The van der Waals surface area contributed by atoms with Crippen LogP contribution in [0.15, 0.2) is 46.1 Å². The quantitative estimate of drug-likeness (QED) is 0.0891. The van der Waals surface area contributed by atoms with E-state index in [0.29, 0.717) is 16.9 Å². The number of carboxylic acids is 2. The number of anilines is 1. The van der Waals surface area contributed by atoms with Gasteiger partial charge in [0.25, 0.3) is 11.8 Å². The summed E-state index contributed by atoms with van der Waals surface area (Å²) in [5.41, 5.74) is 5.65. The molecule has 0 aliphatic carbocycles. The van der Waals surface area contributed by atoms with Gasteiger partial charge in [0.05, 0.1) is 12.7 Å². The molecule has 43 heavy (non-hydrogen) atoms. The van der Waals surface area contributed by atoms with Crippen LogP contribution in [-0.2, 0) is 23.9 Å². The SMILES string of the molecule is COC(=O)c1ccc(OCC2=C(C(=O)O)N3C(=O)C(NC(=O)/C(=N\O)c4csc(N)n4)[C@H]3SC2)cc1.O=C(O)C(F)(F)F. The van der Waals surface area contributed by atoms with Crippen molar-refractivity contribution in [1.29, 1.82) is 0 Å². The fraction of sp³-hybridized carbons (Fsp3) is 0.261. The van der Waals surface area contributed by atoms with E-state index in [1.54, 1.807) is 12.1 Å². The van der Waals surface area contributed by atoms with E-state index in [0.717, 1.165) is 16.2 Å². The number of nitrogens with two attached hydrogens (primary N) is 1. The third-order valence-corrected chi connectivity index (χ3v) is 7.56. The minimum Gasteiger partial charge on any atom is -0.489 e. The Labute approximate surface area is 246 Å². The van der Waals surface area contributed by atoms with Crippen LogP contribution < -0.4 is 15.8 Å². The predicted octanol–water partition coefficient (Wildman–Crippen LogP) is 1.14. The molecule has 15 nitrogen and oxygen atoms in total. The molecule has 1 unspecified atom stereocenters. The fourth-order valence-corrected chi connectivity index (χ4v) is 5.46. The third-order valence-electron chi connectivity index (χ3n) is 5.55. The number of β-lactam (4-membered cyclic amide) rings is 1. The third kappa shape index (κ3) is 7.52. The van der Waals surface area contributed by atoms with Gasteiger partial charge in [0.15, 0.2) is 10.8 Å². The van der Waals surface area contributed by atoms with Gasteiger partial charge in [0.1, 0.15) is 35.2 Å². The number of esters is 1. The molecule has 0 spiro atoms. The van der Waals surface area contributed by atoms with Crippen molar-refractivity contribution >= 4 is 63.7 Å². The Morgan fingerprint density at radius 3 is 2.33 bits per heavy atom. The lowest BCUT2D eigenvalue weighted by molar-refractivity contribution is -0.192. The van der Waals surface area contributed by atoms with Gasteiger partial charge in [-0.15, -0.1) is 23.1 Å². The number of carbonyl (C=O) groups excluding carboxylic acids is 3. The minimum atomic E-state index is -5.08. The number of oxime groups is 1. The molecule has 3 heterocycles. The van der Waals surface area contributed by atoms with Gasteiger partial charge in [0.2, 0.25) is 0 Å². The number of carbonyl (C=O) groups is 5. The van der Waals surface area contributed by atoms with Crippen LogP contribution in [0.5, 0.6) is 5.75 Å². The molecule has 0 saturated carbocycles. The fourth-order valence-electron chi connectivity index (χ4n) is 3.59. The van der Waals surface area contributed by atoms with Gasteiger partial charge in [-0.1, -0.05) is 5.16 Å². The van der Waals surface area contributed by atoms with E-state index in [-0.39, 0.29) is 28.9 Å². The number of aromatic nitrogens is 1. The summed E-state index contributed by atoms with van der Waals surface area (Å²) >= 11 is 2.30. The summed E-state index contributed by atoms with van der Waals surface area (Å²) in [5, 5.41) is 32.5. The van der Waals surface area contributed by atoms with E-state index in [9.17, 15) is 42.7 Å². The van der Waals surface area contributed by atoms with Gasteiger partial charge in [0, 0.05) is 16.7 Å². The zero-order valence-electron chi connectivity index (χ0n) is 21.5. The Kier molecular flexibility index (Phi) is 10.2. The number of aliphatic carboxylic acids is 2. The van der Waals surface area contributed by atoms with E-state index in [4.69, 9.17) is 20.4 Å². The Hall–Kier alpha value is -4.85. The van der Waals surface area contributed by atoms with Crippen molar-refractivity contribution in [2.24, 2.45) is 5.16 Å². The highest BCUT2D eigenvalue weighted by Gasteiger charge is 2.54. The first-order valence-electron chi connectivity index (χ1n) is 11.4. The highest BCUT2D eigenvalue weighted by atomic mass is 32.2. The largest absolute Gasteiger partial charge is 0.490 e. The number of nitrogen functional groups attached to an aromatic ring is 1. The standard InChI is InChI=1S/C21H19N5O8S2.C2HF3O2/c1-33-20(31)9-2-4-11(5-3-9)34-6-10-7-35-18-14(17(28)26(18)15(10)19(29)30)24-16(27)13(25-32)12-8-36-21(22)23-12;3-2(4,5)1(6)7/h2-5,8,14,18,32H,6-7H2,1H3,(H2,22,23)(H,24,27)(H,29,30);(H,6,7)/b25-13-;/t14?,18-;/m1./s1. The molecule has 2 atom stereocenters. The molecule has 0 radical (unpaired) electrons. The van der Waals surface area contributed by atoms with Crippen LogP contribution in [0.2, 0.25) is 0 Å². The molecule has 4 rings (SSSR count). The summed E-state index contributed by atoms with van der Waals surface area (Å²) in [6.45, 7) is -0.105. The average Bonchev–Trinajstić information content (AvgIpc) is 3.39. The highest BCUT2D eigenvalue weighted by Crippen LogP contribution is 2.40. The number of rotatable bonds is 8. The first kappa shape index (κ1) is 32.7. The number of halogens is 3. The normalized spacial score (nSPS) is 18.0. The zero-order chi connectivity index (χ0) is 32.1. The summed E-state index contributed by atoms with van der Waals surface area (Å²) in [6, 6.07) is 5.08. The first-order chi connectivity index (χ1) is 20.2. The molecular weight excluding hydrogens is 627 g/mol. The van der Waals surface area contributed by atoms with Crippen LogP contribution in [0, 0.1) is 0 Å².